The molecule has 0 radical (unpaired) electrons. The van der Waals surface area contributed by atoms with Crippen molar-refractivity contribution in [3.8, 4) is 5.75 Å². The second kappa shape index (κ2) is 14.8. The Balaban J connectivity index is 1.91. The molecule has 212 valence electrons. The van der Waals surface area contributed by atoms with E-state index in [2.05, 4.69) is 38.1 Å². The minimum absolute atomic E-state index is 0.369. The molecule has 1 aliphatic rings. The summed E-state index contributed by atoms with van der Waals surface area (Å²) in [5.41, 5.74) is 0.0648. The molecule has 1 aromatic carbocycles. The van der Waals surface area contributed by atoms with Gasteiger partial charge in [-0.15, -0.1) is 0 Å². The van der Waals surface area contributed by atoms with Gasteiger partial charge in [-0.3, -0.25) is 0 Å². The van der Waals surface area contributed by atoms with E-state index in [9.17, 15) is 0 Å². The van der Waals surface area contributed by atoms with Crippen LogP contribution in [0.3, 0.4) is 0 Å². The van der Waals surface area contributed by atoms with Gasteiger partial charge in [-0.2, -0.15) is 0 Å². The molecule has 7 heteroatoms. The maximum Gasteiger partial charge on any atom is 0.333 e. The highest BCUT2D eigenvalue weighted by molar-refractivity contribution is 7.41. The van der Waals surface area contributed by atoms with E-state index < -0.39 is 14.1 Å². The monoisotopic (exact) mass is 537 g/mol. The van der Waals surface area contributed by atoms with Crippen molar-refractivity contribution in [1.82, 2.24) is 0 Å². The second-order valence-electron chi connectivity index (χ2n) is 12.2. The van der Waals surface area contributed by atoms with Crippen LogP contribution in [0.5, 0.6) is 5.75 Å². The van der Waals surface area contributed by atoms with Gasteiger partial charge < -0.3 is 23.0 Å². The van der Waals surface area contributed by atoms with E-state index in [4.69, 9.17) is 28.0 Å². The van der Waals surface area contributed by atoms with Crippen LogP contribution < -0.4 is 4.74 Å². The van der Waals surface area contributed by atoms with Gasteiger partial charge in [0.25, 0.3) is 0 Å². The third-order valence-electron chi connectivity index (χ3n) is 6.18. The average molecular weight is 538 g/mol. The highest BCUT2D eigenvalue weighted by Crippen LogP contribution is 2.48. The predicted molar refractivity (Wildman–Crippen MR) is 155 cm³/mol. The van der Waals surface area contributed by atoms with Crippen LogP contribution in [0, 0.1) is 5.92 Å². The molecule has 0 bridgehead atoms. The molecule has 0 saturated carbocycles. The highest BCUT2D eigenvalue weighted by atomic mass is 31.2. The lowest BCUT2D eigenvalue weighted by molar-refractivity contribution is 0.0240. The molecule has 37 heavy (non-hydrogen) atoms. The van der Waals surface area contributed by atoms with Crippen LogP contribution in [0.2, 0.25) is 0 Å². The summed E-state index contributed by atoms with van der Waals surface area (Å²) in [7, 11) is -1.53. The van der Waals surface area contributed by atoms with Gasteiger partial charge in [-0.1, -0.05) is 45.2 Å². The van der Waals surface area contributed by atoms with Crippen molar-refractivity contribution in [3.05, 3.63) is 29.8 Å². The maximum atomic E-state index is 6.25. The van der Waals surface area contributed by atoms with E-state index in [1.807, 2.05) is 48.5 Å². The number of ether oxygens (including phenoxy) is 2. The number of aliphatic imine (C=N–C) groups is 1. The van der Waals surface area contributed by atoms with Crippen LogP contribution in [0.25, 0.3) is 0 Å². The van der Waals surface area contributed by atoms with Crippen molar-refractivity contribution < 1.29 is 23.0 Å². The third kappa shape index (κ3) is 12.9. The van der Waals surface area contributed by atoms with E-state index in [-0.39, 0.29) is 11.2 Å². The predicted octanol–water partition coefficient (Wildman–Crippen LogP) is 8.67. The lowest BCUT2D eigenvalue weighted by atomic mass is 9.94. The first-order valence-corrected chi connectivity index (χ1v) is 15.1. The summed E-state index contributed by atoms with van der Waals surface area (Å²) in [4.78, 5) is 4.85. The zero-order valence-corrected chi connectivity index (χ0v) is 25.8. The van der Waals surface area contributed by atoms with Crippen LogP contribution in [-0.4, -0.2) is 42.5 Å². The van der Waals surface area contributed by atoms with E-state index in [1.165, 1.54) is 31.2 Å². The third-order valence-corrected chi connectivity index (χ3v) is 7.92. The molecule has 2 atom stereocenters. The van der Waals surface area contributed by atoms with Gasteiger partial charge in [-0.05, 0) is 90.8 Å². The minimum Gasteiger partial charge on any atom is -0.494 e. The van der Waals surface area contributed by atoms with Gasteiger partial charge in [0.1, 0.15) is 17.9 Å². The number of hydrogen-bond acceptors (Lipinski definition) is 6. The lowest BCUT2D eigenvalue weighted by Gasteiger charge is -2.32. The van der Waals surface area contributed by atoms with Gasteiger partial charge in [0.15, 0.2) is 5.90 Å². The fraction of sp³-hybridized carbons (Fsp3) is 0.767. The van der Waals surface area contributed by atoms with Crippen LogP contribution >= 0.6 is 8.60 Å². The fourth-order valence-electron chi connectivity index (χ4n) is 4.26. The Kier molecular flexibility index (Phi) is 12.8. The Morgan fingerprint density at radius 1 is 1.00 bits per heavy atom. The van der Waals surface area contributed by atoms with Crippen molar-refractivity contribution in [2.45, 2.75) is 124 Å². The van der Waals surface area contributed by atoms with Crippen LogP contribution in [0.15, 0.2) is 29.3 Å². The van der Waals surface area contributed by atoms with Gasteiger partial charge >= 0.3 is 8.60 Å². The maximum absolute atomic E-state index is 6.25. The largest absolute Gasteiger partial charge is 0.494 e. The molecular formula is C30H52NO5P. The molecule has 0 saturated heterocycles. The van der Waals surface area contributed by atoms with Crippen molar-refractivity contribution in [3.63, 3.8) is 0 Å². The summed E-state index contributed by atoms with van der Waals surface area (Å²) in [5.74, 6) is 2.47. The highest BCUT2D eigenvalue weighted by Gasteiger charge is 2.38. The Labute approximate surface area is 227 Å². The van der Waals surface area contributed by atoms with Crippen LogP contribution in [-0.2, 0) is 24.7 Å². The first-order chi connectivity index (χ1) is 17.3. The smallest absolute Gasteiger partial charge is 0.333 e. The summed E-state index contributed by atoms with van der Waals surface area (Å²) in [6, 6.07) is 8.46. The van der Waals surface area contributed by atoms with Crippen molar-refractivity contribution >= 4 is 14.5 Å². The molecular weight excluding hydrogens is 485 g/mol. The number of nitrogens with zero attached hydrogens (tertiary/aromatic N) is 1. The van der Waals surface area contributed by atoms with E-state index >= 15 is 0 Å². The van der Waals surface area contributed by atoms with E-state index in [0.29, 0.717) is 19.1 Å². The van der Waals surface area contributed by atoms with Crippen molar-refractivity contribution in [2.24, 2.45) is 10.9 Å². The zero-order valence-electron chi connectivity index (χ0n) is 24.9. The number of hydrogen-bond donors (Lipinski definition) is 0. The Bertz CT molecular complexity index is 799. The molecule has 1 aliphatic heterocycles. The number of rotatable bonds is 16. The summed E-state index contributed by atoms with van der Waals surface area (Å²) >= 11 is 0. The van der Waals surface area contributed by atoms with Gasteiger partial charge in [0.2, 0.25) is 0 Å². The zero-order chi connectivity index (χ0) is 27.5. The standard InChI is InChI=1S/C30H52NO5P/c1-10-13-25(11-2)14-12-21-32-27-17-15-26(16-18-27)19-20-30(22-33-24(3)31-30)23-34-37(35-28(4,5)6)36-29(7,8)9/h15-18,25H,10-14,19-23H2,1-9H3. The van der Waals surface area contributed by atoms with E-state index in [1.54, 1.807) is 0 Å². The fourth-order valence-corrected chi connectivity index (χ4v) is 5.64. The number of benzene rings is 1. The molecule has 1 heterocycles. The normalized spacial score (nSPS) is 19.1. The Morgan fingerprint density at radius 2 is 1.65 bits per heavy atom. The Morgan fingerprint density at radius 3 is 2.16 bits per heavy atom. The first kappa shape index (κ1) is 32.0. The van der Waals surface area contributed by atoms with Crippen LogP contribution in [0.1, 0.15) is 106 Å². The quantitative estimate of drug-likeness (QED) is 0.156. The lowest BCUT2D eigenvalue weighted by Crippen LogP contribution is -2.35. The first-order valence-electron chi connectivity index (χ1n) is 14.1. The molecule has 0 aromatic heterocycles. The molecule has 0 fully saturated rings. The SMILES string of the molecule is CCCC(CC)CCCOc1ccc(CCC2(COP(OC(C)(C)C)OC(C)(C)C)COC(C)=N2)cc1. The van der Waals surface area contributed by atoms with Crippen LogP contribution in [0.4, 0.5) is 0 Å². The molecule has 0 spiro atoms. The van der Waals surface area contributed by atoms with Crippen molar-refractivity contribution in [1.29, 1.82) is 0 Å². The van der Waals surface area contributed by atoms with Crippen molar-refractivity contribution in [2.75, 3.05) is 19.8 Å². The molecule has 2 rings (SSSR count). The molecule has 2 unspecified atom stereocenters. The number of aryl methyl sites for hydroxylation is 1. The average Bonchev–Trinajstić information content (AvgIpc) is 3.18. The summed E-state index contributed by atoms with van der Waals surface area (Å²) in [5, 5.41) is 0. The Hall–Kier alpha value is -1.20. The summed E-state index contributed by atoms with van der Waals surface area (Å²) in [6.45, 7) is 20.2. The van der Waals surface area contributed by atoms with Gasteiger partial charge in [0.05, 0.1) is 24.4 Å². The molecule has 6 nitrogen and oxygen atoms in total. The molecule has 0 N–H and O–H groups in total. The van der Waals surface area contributed by atoms with Gasteiger partial charge in [0, 0.05) is 6.92 Å². The second-order valence-corrected chi connectivity index (χ2v) is 13.3. The topological polar surface area (TPSA) is 58.5 Å². The van der Waals surface area contributed by atoms with E-state index in [0.717, 1.165) is 37.5 Å². The molecule has 0 aliphatic carbocycles. The molecule has 0 amide bonds. The molecule has 1 aromatic rings. The van der Waals surface area contributed by atoms with Gasteiger partial charge in [-0.25, -0.2) is 4.99 Å². The minimum atomic E-state index is -1.53. The summed E-state index contributed by atoms with van der Waals surface area (Å²) in [6.07, 6.45) is 7.90. The summed E-state index contributed by atoms with van der Waals surface area (Å²) < 4.78 is 30.2.